The van der Waals surface area contributed by atoms with E-state index in [1.807, 2.05) is 0 Å². The van der Waals surface area contributed by atoms with Gasteiger partial charge in [-0.3, -0.25) is 0 Å². The first kappa shape index (κ1) is 9.45. The monoisotopic (exact) mass is 140 g/mol. The van der Waals surface area contributed by atoms with E-state index in [4.69, 9.17) is 11.0 Å². The van der Waals surface area contributed by atoms with Crippen LogP contribution in [0, 0.1) is 17.2 Å². The van der Waals surface area contributed by atoms with Gasteiger partial charge in [0.25, 0.3) is 0 Å². The summed E-state index contributed by atoms with van der Waals surface area (Å²) in [5.74, 6) is 0.647. The molecule has 0 saturated heterocycles. The maximum Gasteiger partial charge on any atom is 0.0622 e. The maximum atomic E-state index is 8.24. The lowest BCUT2D eigenvalue weighted by molar-refractivity contribution is 0.477. The minimum absolute atomic E-state index is 0.222. The highest BCUT2D eigenvalue weighted by Gasteiger charge is 2.03. The summed E-state index contributed by atoms with van der Waals surface area (Å²) in [6.45, 7) is 4.29. The van der Waals surface area contributed by atoms with Crippen molar-refractivity contribution in [1.29, 1.82) is 5.26 Å². The fourth-order valence-electron chi connectivity index (χ4n) is 0.973. The molecule has 2 heteroatoms. The first-order valence-electron chi connectivity index (χ1n) is 3.79. The molecule has 0 amide bonds. The Morgan fingerprint density at radius 1 is 1.50 bits per heavy atom. The molecular weight excluding hydrogens is 124 g/mol. The largest absolute Gasteiger partial charge is 0.328 e. The summed E-state index contributed by atoms with van der Waals surface area (Å²) in [6.07, 6.45) is 2.46. The highest BCUT2D eigenvalue weighted by atomic mass is 14.6. The van der Waals surface area contributed by atoms with E-state index in [1.54, 1.807) is 0 Å². The normalized spacial score (nSPS) is 13.1. The first-order valence-corrected chi connectivity index (χ1v) is 3.79. The van der Waals surface area contributed by atoms with Gasteiger partial charge < -0.3 is 5.73 Å². The van der Waals surface area contributed by atoms with Gasteiger partial charge in [-0.05, 0) is 18.8 Å². The van der Waals surface area contributed by atoms with Crippen LogP contribution in [0.3, 0.4) is 0 Å². The van der Waals surface area contributed by atoms with Crippen LogP contribution >= 0.6 is 0 Å². The average molecular weight is 140 g/mol. The summed E-state index contributed by atoms with van der Waals surface area (Å²) in [7, 11) is 0. The molecule has 0 rings (SSSR count). The van der Waals surface area contributed by atoms with E-state index in [9.17, 15) is 0 Å². The highest BCUT2D eigenvalue weighted by molar-refractivity contribution is 4.74. The van der Waals surface area contributed by atoms with Crippen LogP contribution in [0.4, 0.5) is 0 Å². The van der Waals surface area contributed by atoms with Gasteiger partial charge in [0, 0.05) is 12.5 Å². The van der Waals surface area contributed by atoms with Gasteiger partial charge in [-0.1, -0.05) is 13.8 Å². The Kier molecular flexibility index (Phi) is 4.96. The summed E-state index contributed by atoms with van der Waals surface area (Å²) < 4.78 is 0. The Labute approximate surface area is 63.0 Å². The van der Waals surface area contributed by atoms with Crippen LogP contribution in [0.1, 0.15) is 33.1 Å². The third-order valence-corrected chi connectivity index (χ3v) is 1.40. The molecule has 2 nitrogen and oxygen atoms in total. The standard InChI is InChI=1S/C8H16N2/c1-7(2)6-8(10)4-3-5-9/h7-8H,3-4,6,10H2,1-2H3. The zero-order valence-corrected chi connectivity index (χ0v) is 6.80. The van der Waals surface area contributed by atoms with Crippen LogP contribution in [0.5, 0.6) is 0 Å². The van der Waals surface area contributed by atoms with Crippen molar-refractivity contribution in [3.05, 3.63) is 0 Å². The average Bonchev–Trinajstić information content (AvgIpc) is 1.82. The topological polar surface area (TPSA) is 49.8 Å². The molecule has 0 radical (unpaired) electrons. The third-order valence-electron chi connectivity index (χ3n) is 1.40. The number of nitrogens with zero attached hydrogens (tertiary/aromatic N) is 1. The molecular formula is C8H16N2. The number of rotatable bonds is 4. The van der Waals surface area contributed by atoms with E-state index >= 15 is 0 Å². The first-order chi connectivity index (χ1) is 4.66. The second-order valence-electron chi connectivity index (χ2n) is 3.09. The van der Waals surface area contributed by atoms with Gasteiger partial charge in [0.2, 0.25) is 0 Å². The van der Waals surface area contributed by atoms with Crippen molar-refractivity contribution < 1.29 is 0 Å². The van der Waals surface area contributed by atoms with Gasteiger partial charge in [-0.15, -0.1) is 0 Å². The summed E-state index contributed by atoms with van der Waals surface area (Å²) >= 11 is 0. The van der Waals surface area contributed by atoms with E-state index < -0.39 is 0 Å². The van der Waals surface area contributed by atoms with Crippen molar-refractivity contribution >= 4 is 0 Å². The molecule has 0 heterocycles. The number of nitriles is 1. The Bertz CT molecular complexity index is 113. The molecule has 0 bridgehead atoms. The van der Waals surface area contributed by atoms with Gasteiger partial charge >= 0.3 is 0 Å². The summed E-state index contributed by atoms with van der Waals surface area (Å²) in [5, 5.41) is 8.24. The second-order valence-corrected chi connectivity index (χ2v) is 3.09. The lowest BCUT2D eigenvalue weighted by atomic mass is 10.0. The fourth-order valence-corrected chi connectivity index (χ4v) is 0.973. The second kappa shape index (κ2) is 5.25. The minimum atomic E-state index is 0.222. The maximum absolute atomic E-state index is 8.24. The van der Waals surface area contributed by atoms with Crippen molar-refractivity contribution in [3.63, 3.8) is 0 Å². The predicted octanol–water partition coefficient (Wildman–Crippen LogP) is 1.66. The van der Waals surface area contributed by atoms with Crippen LogP contribution in [-0.4, -0.2) is 6.04 Å². The van der Waals surface area contributed by atoms with E-state index in [1.165, 1.54) is 0 Å². The van der Waals surface area contributed by atoms with Crippen LogP contribution in [0.2, 0.25) is 0 Å². The summed E-state index contributed by atoms with van der Waals surface area (Å²) in [5.41, 5.74) is 5.71. The molecule has 0 aliphatic heterocycles. The molecule has 0 aromatic carbocycles. The van der Waals surface area contributed by atoms with Crippen molar-refractivity contribution in [2.24, 2.45) is 11.7 Å². The van der Waals surface area contributed by atoms with Crippen molar-refractivity contribution in [1.82, 2.24) is 0 Å². The Morgan fingerprint density at radius 2 is 2.10 bits per heavy atom. The van der Waals surface area contributed by atoms with Crippen LogP contribution < -0.4 is 5.73 Å². The molecule has 1 unspecified atom stereocenters. The minimum Gasteiger partial charge on any atom is -0.328 e. The molecule has 0 fully saturated rings. The van der Waals surface area contributed by atoms with Gasteiger partial charge in [0.05, 0.1) is 6.07 Å². The van der Waals surface area contributed by atoms with Gasteiger partial charge in [0.1, 0.15) is 0 Å². The van der Waals surface area contributed by atoms with E-state index in [2.05, 4.69) is 19.9 Å². The smallest absolute Gasteiger partial charge is 0.0622 e. The number of nitrogens with two attached hydrogens (primary N) is 1. The Hall–Kier alpha value is -0.550. The molecule has 0 spiro atoms. The molecule has 0 aromatic rings. The summed E-state index contributed by atoms with van der Waals surface area (Å²) in [6, 6.07) is 2.31. The van der Waals surface area contributed by atoms with E-state index in [-0.39, 0.29) is 6.04 Å². The molecule has 0 aliphatic carbocycles. The molecule has 0 aromatic heterocycles. The van der Waals surface area contributed by atoms with Crippen molar-refractivity contribution in [2.45, 2.75) is 39.2 Å². The Balaban J connectivity index is 3.27. The molecule has 0 saturated carbocycles. The number of hydrogen-bond donors (Lipinski definition) is 1. The van der Waals surface area contributed by atoms with Gasteiger partial charge in [-0.2, -0.15) is 5.26 Å². The fraction of sp³-hybridized carbons (Fsp3) is 0.875. The van der Waals surface area contributed by atoms with Crippen LogP contribution in [0.25, 0.3) is 0 Å². The zero-order valence-electron chi connectivity index (χ0n) is 6.80. The molecule has 58 valence electrons. The molecule has 2 N–H and O–H groups in total. The van der Waals surface area contributed by atoms with E-state index in [0.717, 1.165) is 12.8 Å². The van der Waals surface area contributed by atoms with Gasteiger partial charge in [0.15, 0.2) is 0 Å². The van der Waals surface area contributed by atoms with Crippen molar-refractivity contribution in [2.75, 3.05) is 0 Å². The lowest BCUT2D eigenvalue weighted by Crippen LogP contribution is -2.21. The van der Waals surface area contributed by atoms with Crippen LogP contribution in [-0.2, 0) is 0 Å². The number of hydrogen-bond acceptors (Lipinski definition) is 2. The SMILES string of the molecule is CC(C)CC(N)CCC#N. The Morgan fingerprint density at radius 3 is 2.50 bits per heavy atom. The summed E-state index contributed by atoms with van der Waals surface area (Å²) in [4.78, 5) is 0. The molecule has 0 aliphatic rings. The van der Waals surface area contributed by atoms with Crippen LogP contribution in [0.15, 0.2) is 0 Å². The quantitative estimate of drug-likeness (QED) is 0.645. The van der Waals surface area contributed by atoms with Crippen molar-refractivity contribution in [3.8, 4) is 6.07 Å². The predicted molar refractivity (Wildman–Crippen MR) is 42.3 cm³/mol. The lowest BCUT2D eigenvalue weighted by Gasteiger charge is -2.11. The van der Waals surface area contributed by atoms with E-state index in [0.29, 0.717) is 12.3 Å². The highest BCUT2D eigenvalue weighted by Crippen LogP contribution is 2.06. The molecule has 10 heavy (non-hydrogen) atoms. The third kappa shape index (κ3) is 5.58. The zero-order chi connectivity index (χ0) is 7.98. The van der Waals surface area contributed by atoms with Gasteiger partial charge in [-0.25, -0.2) is 0 Å². The molecule has 1 atom stereocenters.